The average molecular weight is 418 g/mol. The second-order valence-electron chi connectivity index (χ2n) is 6.05. The summed E-state index contributed by atoms with van der Waals surface area (Å²) in [6, 6.07) is 7.21. The third-order valence-electron chi connectivity index (χ3n) is 3.90. The molecular weight excluding hydrogens is 400 g/mol. The maximum Gasteiger partial charge on any atom is 0.277 e. The molecule has 0 radical (unpaired) electrons. The molecule has 0 unspecified atom stereocenters. The molecule has 0 aromatic heterocycles. The summed E-state index contributed by atoms with van der Waals surface area (Å²) >= 11 is 0. The van der Waals surface area contributed by atoms with Crippen LogP contribution >= 0.6 is 0 Å². The van der Waals surface area contributed by atoms with Crippen molar-refractivity contribution >= 4 is 23.2 Å². The van der Waals surface area contributed by atoms with Crippen molar-refractivity contribution < 1.29 is 29.4 Å². The molecule has 158 valence electrons. The summed E-state index contributed by atoms with van der Waals surface area (Å²) in [5.41, 5.74) is 1.13. The number of hydroxylamine groups is 1. The lowest BCUT2D eigenvalue weighted by molar-refractivity contribution is -0.394. The molecule has 12 heteroatoms. The molecule has 0 spiro atoms. The van der Waals surface area contributed by atoms with Gasteiger partial charge >= 0.3 is 0 Å². The Morgan fingerprint density at radius 1 is 1.07 bits per heavy atom. The molecule has 0 aliphatic heterocycles. The van der Waals surface area contributed by atoms with Gasteiger partial charge in [-0.1, -0.05) is 12.1 Å². The van der Waals surface area contributed by atoms with Crippen LogP contribution in [-0.4, -0.2) is 39.4 Å². The van der Waals surface area contributed by atoms with Crippen molar-refractivity contribution in [1.82, 2.24) is 10.8 Å². The minimum atomic E-state index is -1.16. The summed E-state index contributed by atoms with van der Waals surface area (Å²) in [5, 5.41) is 33.8. The largest absolute Gasteiger partial charge is 0.508 e. The van der Waals surface area contributed by atoms with E-state index in [0.29, 0.717) is 5.56 Å². The van der Waals surface area contributed by atoms with Crippen molar-refractivity contribution in [2.45, 2.75) is 19.4 Å². The molecule has 0 saturated carbocycles. The third kappa shape index (κ3) is 5.97. The smallest absolute Gasteiger partial charge is 0.277 e. The Morgan fingerprint density at radius 3 is 2.13 bits per heavy atom. The molecular formula is C18H18N4O8. The summed E-state index contributed by atoms with van der Waals surface area (Å²) in [7, 11) is 0. The van der Waals surface area contributed by atoms with Gasteiger partial charge in [-0.3, -0.25) is 34.7 Å². The van der Waals surface area contributed by atoms with Crippen LogP contribution in [0.2, 0.25) is 0 Å². The van der Waals surface area contributed by atoms with Crippen LogP contribution < -0.4 is 10.8 Å². The molecule has 1 atom stereocenters. The SMILES string of the molecule is CCONC(=O)[C@H](Cc1ccc(O)cc1)NC(=O)c1cc([N+](=O)[O-])cc([N+](=O)[O-])c1. The zero-order valence-corrected chi connectivity index (χ0v) is 15.7. The molecule has 30 heavy (non-hydrogen) atoms. The van der Waals surface area contributed by atoms with E-state index in [4.69, 9.17) is 4.84 Å². The predicted molar refractivity (Wildman–Crippen MR) is 103 cm³/mol. The molecule has 3 N–H and O–H groups in total. The monoisotopic (exact) mass is 418 g/mol. The number of non-ortho nitro benzene ring substituents is 2. The van der Waals surface area contributed by atoms with E-state index in [0.717, 1.165) is 18.2 Å². The normalized spacial score (nSPS) is 11.4. The van der Waals surface area contributed by atoms with E-state index in [2.05, 4.69) is 10.8 Å². The summed E-state index contributed by atoms with van der Waals surface area (Å²) in [6.45, 7) is 1.80. The van der Waals surface area contributed by atoms with Crippen molar-refractivity contribution in [3.63, 3.8) is 0 Å². The molecule has 0 bridgehead atoms. The number of hydrogen-bond acceptors (Lipinski definition) is 8. The highest BCUT2D eigenvalue weighted by molar-refractivity contribution is 5.98. The number of hydrogen-bond donors (Lipinski definition) is 3. The van der Waals surface area contributed by atoms with Gasteiger partial charge in [0.1, 0.15) is 11.8 Å². The molecule has 2 rings (SSSR count). The van der Waals surface area contributed by atoms with Crippen LogP contribution in [0.3, 0.4) is 0 Å². The van der Waals surface area contributed by atoms with E-state index in [1.807, 2.05) is 0 Å². The summed E-state index contributed by atoms with van der Waals surface area (Å²) in [5.74, 6) is -1.60. The van der Waals surface area contributed by atoms with Gasteiger partial charge in [0.15, 0.2) is 0 Å². The highest BCUT2D eigenvalue weighted by Crippen LogP contribution is 2.23. The molecule has 0 heterocycles. The molecule has 12 nitrogen and oxygen atoms in total. The van der Waals surface area contributed by atoms with Crippen molar-refractivity contribution in [3.8, 4) is 5.75 Å². The van der Waals surface area contributed by atoms with Crippen LogP contribution in [0.25, 0.3) is 0 Å². The molecule has 0 aliphatic rings. The highest BCUT2D eigenvalue weighted by Gasteiger charge is 2.25. The van der Waals surface area contributed by atoms with Gasteiger partial charge in [-0.2, -0.15) is 0 Å². The Balaban J connectivity index is 2.30. The van der Waals surface area contributed by atoms with Gasteiger partial charge in [0.05, 0.1) is 28.1 Å². The number of nitro groups is 2. The Labute approximate surface area is 169 Å². The lowest BCUT2D eigenvalue weighted by atomic mass is 10.0. The maximum absolute atomic E-state index is 12.6. The van der Waals surface area contributed by atoms with Crippen molar-refractivity contribution in [1.29, 1.82) is 0 Å². The standard InChI is InChI=1S/C18H18N4O8/c1-2-30-20-18(25)16(7-11-3-5-15(23)6-4-11)19-17(24)12-8-13(21(26)27)10-14(9-12)22(28)29/h3-6,8-10,16,23H,2,7H2,1H3,(H,19,24)(H,20,25)/t16-/m0/s1. The topological polar surface area (TPSA) is 174 Å². The van der Waals surface area contributed by atoms with E-state index < -0.39 is 39.1 Å². The van der Waals surface area contributed by atoms with Gasteiger partial charge < -0.3 is 10.4 Å². The van der Waals surface area contributed by atoms with Crippen LogP contribution in [0.15, 0.2) is 42.5 Å². The van der Waals surface area contributed by atoms with Gasteiger partial charge in [-0.15, -0.1) is 0 Å². The molecule has 0 aliphatic carbocycles. The molecule has 2 aromatic carbocycles. The molecule has 2 amide bonds. The van der Waals surface area contributed by atoms with Crippen molar-refractivity contribution in [2.24, 2.45) is 0 Å². The second-order valence-corrected chi connectivity index (χ2v) is 6.05. The van der Waals surface area contributed by atoms with E-state index in [1.54, 1.807) is 19.1 Å². The minimum Gasteiger partial charge on any atom is -0.508 e. The Morgan fingerprint density at radius 2 is 1.63 bits per heavy atom. The molecule has 2 aromatic rings. The van der Waals surface area contributed by atoms with E-state index in [-0.39, 0.29) is 24.3 Å². The minimum absolute atomic E-state index is 0.00193. The first-order valence-electron chi connectivity index (χ1n) is 8.65. The zero-order chi connectivity index (χ0) is 22.3. The van der Waals surface area contributed by atoms with Crippen LogP contribution in [0.5, 0.6) is 5.75 Å². The Hall–Kier alpha value is -4.06. The number of aromatic hydroxyl groups is 1. The second kappa shape index (κ2) is 9.93. The zero-order valence-electron chi connectivity index (χ0n) is 15.7. The van der Waals surface area contributed by atoms with Crippen LogP contribution in [0.1, 0.15) is 22.8 Å². The number of amides is 2. The number of nitro benzene ring substituents is 2. The number of carbonyl (C=O) groups is 2. The van der Waals surface area contributed by atoms with E-state index in [1.165, 1.54) is 12.1 Å². The number of nitrogens with one attached hydrogen (secondary N) is 2. The Kier molecular flexibility index (Phi) is 7.36. The predicted octanol–water partition coefficient (Wildman–Crippen LogP) is 1.62. The fraction of sp³-hybridized carbons (Fsp3) is 0.222. The summed E-state index contributed by atoms with van der Waals surface area (Å²) in [4.78, 5) is 50.1. The summed E-state index contributed by atoms with van der Waals surface area (Å²) < 4.78 is 0. The maximum atomic E-state index is 12.6. The number of phenolic OH excluding ortho intramolecular Hbond substituents is 1. The van der Waals surface area contributed by atoms with Crippen LogP contribution in [0.4, 0.5) is 11.4 Å². The van der Waals surface area contributed by atoms with Crippen LogP contribution in [0, 0.1) is 20.2 Å². The van der Waals surface area contributed by atoms with Gasteiger partial charge in [-0.25, -0.2) is 5.48 Å². The van der Waals surface area contributed by atoms with Crippen LogP contribution in [-0.2, 0) is 16.1 Å². The van der Waals surface area contributed by atoms with Gasteiger partial charge in [0, 0.05) is 18.6 Å². The lowest BCUT2D eigenvalue weighted by Crippen LogP contribution is -2.48. The molecule has 0 saturated heterocycles. The Bertz CT molecular complexity index is 929. The average Bonchev–Trinajstić information content (AvgIpc) is 2.72. The number of benzene rings is 2. The first-order chi connectivity index (χ1) is 14.2. The fourth-order valence-electron chi connectivity index (χ4n) is 2.47. The number of carbonyl (C=O) groups excluding carboxylic acids is 2. The quantitative estimate of drug-likeness (QED) is 0.407. The van der Waals surface area contributed by atoms with Crippen molar-refractivity contribution in [3.05, 3.63) is 73.8 Å². The van der Waals surface area contributed by atoms with Gasteiger partial charge in [0.25, 0.3) is 23.2 Å². The number of phenols is 1. The van der Waals surface area contributed by atoms with E-state index in [9.17, 15) is 34.9 Å². The van der Waals surface area contributed by atoms with Crippen molar-refractivity contribution in [2.75, 3.05) is 6.61 Å². The van der Waals surface area contributed by atoms with E-state index >= 15 is 0 Å². The van der Waals surface area contributed by atoms with Gasteiger partial charge in [-0.05, 0) is 24.6 Å². The van der Waals surface area contributed by atoms with Gasteiger partial charge in [0.2, 0.25) is 0 Å². The first-order valence-corrected chi connectivity index (χ1v) is 8.65. The number of rotatable bonds is 9. The highest BCUT2D eigenvalue weighted by atomic mass is 16.7. The lowest BCUT2D eigenvalue weighted by Gasteiger charge is -2.18. The third-order valence-corrected chi connectivity index (χ3v) is 3.90. The summed E-state index contributed by atoms with van der Waals surface area (Å²) in [6.07, 6.45) is 0.00193. The number of nitrogens with zero attached hydrogens (tertiary/aromatic N) is 2. The fourth-order valence-corrected chi connectivity index (χ4v) is 2.47. The first kappa shape index (κ1) is 22.2. The molecule has 0 fully saturated rings.